The van der Waals surface area contributed by atoms with Crippen molar-refractivity contribution in [2.45, 2.75) is 45.9 Å². The van der Waals surface area contributed by atoms with Crippen LogP contribution in [0.15, 0.2) is 12.3 Å². The number of carbonyl (C=O) groups is 1. The molecule has 0 saturated heterocycles. The van der Waals surface area contributed by atoms with Gasteiger partial charge in [-0.15, -0.1) is 0 Å². The number of carbonyl (C=O) groups excluding carboxylic acids is 1. The third kappa shape index (κ3) is 3.19. The SMILES string of the molecule is CC(C)(C)OC(=O)N1Cc2cnc(C(F)F)cc2C1. The molecule has 0 saturated carbocycles. The second kappa shape index (κ2) is 4.75. The van der Waals surface area contributed by atoms with E-state index in [1.165, 1.54) is 17.2 Å². The van der Waals surface area contributed by atoms with Crippen LogP contribution in [0.5, 0.6) is 0 Å². The van der Waals surface area contributed by atoms with Gasteiger partial charge in [-0.2, -0.15) is 0 Å². The van der Waals surface area contributed by atoms with E-state index in [9.17, 15) is 13.6 Å². The molecule has 1 aliphatic heterocycles. The number of rotatable bonds is 1. The summed E-state index contributed by atoms with van der Waals surface area (Å²) in [4.78, 5) is 17.1. The van der Waals surface area contributed by atoms with Gasteiger partial charge < -0.3 is 4.74 Å². The van der Waals surface area contributed by atoms with E-state index in [0.717, 1.165) is 5.56 Å². The Morgan fingerprint density at radius 3 is 2.58 bits per heavy atom. The second-order valence-corrected chi connectivity index (χ2v) is 5.51. The van der Waals surface area contributed by atoms with E-state index in [0.29, 0.717) is 12.1 Å². The van der Waals surface area contributed by atoms with E-state index in [2.05, 4.69) is 4.98 Å². The highest BCUT2D eigenvalue weighted by Gasteiger charge is 2.28. The molecule has 1 aromatic rings. The number of hydrogen-bond acceptors (Lipinski definition) is 3. The maximum Gasteiger partial charge on any atom is 0.410 e. The summed E-state index contributed by atoms with van der Waals surface area (Å²) in [5.74, 6) is 0. The van der Waals surface area contributed by atoms with Gasteiger partial charge in [0.2, 0.25) is 0 Å². The summed E-state index contributed by atoms with van der Waals surface area (Å²) in [6.07, 6.45) is -1.63. The predicted octanol–water partition coefficient (Wildman–Crippen LogP) is 3.27. The molecule has 0 bridgehead atoms. The first kappa shape index (κ1) is 13.7. The Labute approximate surface area is 110 Å². The van der Waals surface area contributed by atoms with Gasteiger partial charge >= 0.3 is 6.09 Å². The summed E-state index contributed by atoms with van der Waals surface area (Å²) in [5, 5.41) is 0. The van der Waals surface area contributed by atoms with Gasteiger partial charge in [0.25, 0.3) is 6.43 Å². The van der Waals surface area contributed by atoms with Crippen LogP contribution in [0, 0.1) is 0 Å². The molecule has 104 valence electrons. The molecule has 2 rings (SSSR count). The summed E-state index contributed by atoms with van der Waals surface area (Å²) in [6, 6.07) is 1.35. The zero-order valence-electron chi connectivity index (χ0n) is 11.1. The molecular weight excluding hydrogens is 254 g/mol. The van der Waals surface area contributed by atoms with Crippen LogP contribution in [0.4, 0.5) is 13.6 Å². The Morgan fingerprint density at radius 2 is 2.00 bits per heavy atom. The lowest BCUT2D eigenvalue weighted by Crippen LogP contribution is -2.33. The third-order valence-electron chi connectivity index (χ3n) is 2.70. The van der Waals surface area contributed by atoms with Gasteiger partial charge in [-0.3, -0.25) is 9.88 Å². The fourth-order valence-electron chi connectivity index (χ4n) is 1.88. The van der Waals surface area contributed by atoms with Gasteiger partial charge in [-0.05, 0) is 38.0 Å². The van der Waals surface area contributed by atoms with Crippen LogP contribution < -0.4 is 0 Å². The molecule has 19 heavy (non-hydrogen) atoms. The van der Waals surface area contributed by atoms with Crippen molar-refractivity contribution in [2.24, 2.45) is 0 Å². The first-order valence-corrected chi connectivity index (χ1v) is 6.00. The van der Waals surface area contributed by atoms with Crippen molar-refractivity contribution < 1.29 is 18.3 Å². The van der Waals surface area contributed by atoms with Crippen LogP contribution in [0.25, 0.3) is 0 Å². The molecule has 1 amide bonds. The van der Waals surface area contributed by atoms with Crippen LogP contribution in [-0.4, -0.2) is 21.6 Å². The highest BCUT2D eigenvalue weighted by atomic mass is 19.3. The number of halogens is 2. The second-order valence-electron chi connectivity index (χ2n) is 5.51. The largest absolute Gasteiger partial charge is 0.444 e. The van der Waals surface area contributed by atoms with E-state index in [1.807, 2.05) is 0 Å². The molecular formula is C13H16F2N2O2. The van der Waals surface area contributed by atoms with Crippen molar-refractivity contribution in [1.29, 1.82) is 0 Å². The Bertz CT molecular complexity index is 498. The number of fused-ring (bicyclic) bond motifs is 1. The van der Waals surface area contributed by atoms with Crippen LogP contribution >= 0.6 is 0 Å². The topological polar surface area (TPSA) is 42.4 Å². The third-order valence-corrected chi connectivity index (χ3v) is 2.70. The zero-order valence-corrected chi connectivity index (χ0v) is 11.1. The first-order valence-electron chi connectivity index (χ1n) is 6.00. The van der Waals surface area contributed by atoms with Gasteiger partial charge in [0, 0.05) is 12.7 Å². The highest BCUT2D eigenvalue weighted by Crippen LogP contribution is 2.27. The fourth-order valence-corrected chi connectivity index (χ4v) is 1.88. The van der Waals surface area contributed by atoms with Crippen molar-refractivity contribution in [3.05, 3.63) is 29.1 Å². The van der Waals surface area contributed by atoms with E-state index in [1.54, 1.807) is 20.8 Å². The summed E-state index contributed by atoms with van der Waals surface area (Å²) in [5.41, 5.74) is 0.661. The summed E-state index contributed by atoms with van der Waals surface area (Å²) < 4.78 is 30.3. The lowest BCUT2D eigenvalue weighted by Gasteiger charge is -2.24. The quantitative estimate of drug-likeness (QED) is 0.786. The highest BCUT2D eigenvalue weighted by molar-refractivity contribution is 5.69. The number of pyridine rings is 1. The monoisotopic (exact) mass is 270 g/mol. The Kier molecular flexibility index (Phi) is 3.43. The number of aromatic nitrogens is 1. The number of amides is 1. The van der Waals surface area contributed by atoms with Crippen molar-refractivity contribution in [1.82, 2.24) is 9.88 Å². The molecule has 0 N–H and O–H groups in total. The number of nitrogens with zero attached hydrogens (tertiary/aromatic N) is 2. The maximum absolute atomic E-state index is 12.5. The molecule has 1 aromatic heterocycles. The van der Waals surface area contributed by atoms with E-state index in [4.69, 9.17) is 4.74 Å². The Balaban J connectivity index is 2.10. The van der Waals surface area contributed by atoms with Gasteiger partial charge in [-0.25, -0.2) is 13.6 Å². The molecule has 0 aliphatic carbocycles. The average molecular weight is 270 g/mol. The van der Waals surface area contributed by atoms with Crippen LogP contribution in [-0.2, 0) is 17.8 Å². The summed E-state index contributed by atoms with van der Waals surface area (Å²) in [7, 11) is 0. The minimum absolute atomic E-state index is 0.259. The van der Waals surface area contributed by atoms with Gasteiger partial charge in [-0.1, -0.05) is 0 Å². The van der Waals surface area contributed by atoms with Crippen molar-refractivity contribution in [3.8, 4) is 0 Å². The number of alkyl halides is 2. The van der Waals surface area contributed by atoms with Gasteiger partial charge in [0.1, 0.15) is 11.3 Å². The van der Waals surface area contributed by atoms with Gasteiger partial charge in [0.05, 0.1) is 6.54 Å². The van der Waals surface area contributed by atoms with E-state index < -0.39 is 18.1 Å². The molecule has 0 atom stereocenters. The van der Waals surface area contributed by atoms with Crippen molar-refractivity contribution in [2.75, 3.05) is 0 Å². The van der Waals surface area contributed by atoms with E-state index >= 15 is 0 Å². The molecule has 0 aromatic carbocycles. The van der Waals surface area contributed by atoms with Crippen molar-refractivity contribution in [3.63, 3.8) is 0 Å². The van der Waals surface area contributed by atoms with Crippen LogP contribution in [0.2, 0.25) is 0 Å². The standard InChI is InChI=1S/C13H16F2N2O2/c1-13(2,3)19-12(18)17-6-8-4-10(11(14)15)16-5-9(8)7-17/h4-5,11H,6-7H2,1-3H3. The molecule has 0 radical (unpaired) electrons. The smallest absolute Gasteiger partial charge is 0.410 e. The van der Waals surface area contributed by atoms with Crippen LogP contribution in [0.3, 0.4) is 0 Å². The Morgan fingerprint density at radius 1 is 1.37 bits per heavy atom. The fraction of sp³-hybridized carbons (Fsp3) is 0.538. The van der Waals surface area contributed by atoms with E-state index in [-0.39, 0.29) is 12.2 Å². The zero-order chi connectivity index (χ0) is 14.2. The minimum atomic E-state index is -2.60. The Hall–Kier alpha value is -1.72. The summed E-state index contributed by atoms with van der Waals surface area (Å²) >= 11 is 0. The predicted molar refractivity (Wildman–Crippen MR) is 64.7 cm³/mol. The molecule has 0 spiro atoms. The molecule has 0 fully saturated rings. The number of ether oxygens (including phenoxy) is 1. The lowest BCUT2D eigenvalue weighted by molar-refractivity contribution is 0.0242. The maximum atomic E-state index is 12.5. The van der Waals surface area contributed by atoms with Crippen molar-refractivity contribution >= 4 is 6.09 Å². The normalized spacial score (nSPS) is 14.7. The lowest BCUT2D eigenvalue weighted by atomic mass is 10.1. The minimum Gasteiger partial charge on any atom is -0.444 e. The van der Waals surface area contributed by atoms with Gasteiger partial charge in [0.15, 0.2) is 0 Å². The molecule has 4 nitrogen and oxygen atoms in total. The number of hydrogen-bond donors (Lipinski definition) is 0. The molecule has 1 aliphatic rings. The molecule has 2 heterocycles. The van der Waals surface area contributed by atoms with Crippen LogP contribution in [0.1, 0.15) is 44.0 Å². The molecule has 6 heteroatoms. The average Bonchev–Trinajstić information content (AvgIpc) is 2.68. The summed E-state index contributed by atoms with van der Waals surface area (Å²) in [6.45, 7) is 5.98. The first-order chi connectivity index (χ1) is 8.76. The molecule has 0 unspecified atom stereocenters.